The predicted molar refractivity (Wildman–Crippen MR) is 125 cm³/mol. The number of ether oxygens (including phenoxy) is 1. The fraction of sp³-hybridized carbons (Fsp3) is 0.115. The van der Waals surface area contributed by atoms with Crippen molar-refractivity contribution in [1.82, 2.24) is 10.3 Å². The van der Waals surface area contributed by atoms with E-state index in [0.29, 0.717) is 23.5 Å². The summed E-state index contributed by atoms with van der Waals surface area (Å²) in [5, 5.41) is 7.65. The first-order valence-corrected chi connectivity index (χ1v) is 10.3. The lowest BCUT2D eigenvalue weighted by molar-refractivity contribution is -0.122. The second kappa shape index (κ2) is 9.75. The quantitative estimate of drug-likeness (QED) is 0.455. The van der Waals surface area contributed by atoms with Gasteiger partial charge in [0.25, 0.3) is 11.8 Å². The normalized spacial score (nSPS) is 11.5. The molecular formula is C26H23N3O3. The maximum Gasteiger partial charge on any atom is 0.265 e. The largest absolute Gasteiger partial charge is 0.480 e. The molecule has 0 aliphatic rings. The highest BCUT2D eigenvalue weighted by atomic mass is 16.5. The smallest absolute Gasteiger partial charge is 0.265 e. The van der Waals surface area contributed by atoms with Crippen LogP contribution in [0.25, 0.3) is 10.8 Å². The van der Waals surface area contributed by atoms with Gasteiger partial charge in [0.1, 0.15) is 5.75 Å². The Morgan fingerprint density at radius 2 is 1.72 bits per heavy atom. The van der Waals surface area contributed by atoms with Crippen molar-refractivity contribution in [3.63, 3.8) is 0 Å². The van der Waals surface area contributed by atoms with Crippen molar-refractivity contribution in [2.24, 2.45) is 0 Å². The number of amides is 2. The van der Waals surface area contributed by atoms with Gasteiger partial charge in [0, 0.05) is 24.3 Å². The Hall–Kier alpha value is -4.19. The fourth-order valence-electron chi connectivity index (χ4n) is 3.35. The number of fused-ring (bicyclic) bond motifs is 1. The van der Waals surface area contributed by atoms with E-state index in [-0.39, 0.29) is 11.8 Å². The van der Waals surface area contributed by atoms with Crippen LogP contribution < -0.4 is 15.4 Å². The molecule has 0 spiro atoms. The molecule has 0 bridgehead atoms. The van der Waals surface area contributed by atoms with Gasteiger partial charge in [-0.3, -0.25) is 14.6 Å². The minimum atomic E-state index is -0.757. The van der Waals surface area contributed by atoms with E-state index in [1.54, 1.807) is 43.6 Å². The molecule has 4 rings (SSSR count). The number of hydrogen-bond acceptors (Lipinski definition) is 4. The number of aromatic nitrogens is 1. The first kappa shape index (κ1) is 21.1. The molecule has 3 aromatic carbocycles. The van der Waals surface area contributed by atoms with Gasteiger partial charge in [0.2, 0.25) is 0 Å². The number of anilines is 1. The van der Waals surface area contributed by atoms with Crippen LogP contribution in [0.2, 0.25) is 0 Å². The molecule has 160 valence electrons. The van der Waals surface area contributed by atoms with Crippen LogP contribution in [0.1, 0.15) is 22.8 Å². The molecule has 0 unspecified atom stereocenters. The summed E-state index contributed by atoms with van der Waals surface area (Å²) >= 11 is 0. The van der Waals surface area contributed by atoms with Crippen molar-refractivity contribution in [1.29, 1.82) is 0 Å². The molecule has 1 heterocycles. The molecule has 1 aromatic heterocycles. The van der Waals surface area contributed by atoms with Crippen molar-refractivity contribution < 1.29 is 14.3 Å². The second-order valence-electron chi connectivity index (χ2n) is 7.32. The van der Waals surface area contributed by atoms with Gasteiger partial charge in [-0.25, -0.2) is 0 Å². The number of nitrogens with zero attached hydrogens (tertiary/aromatic N) is 1. The number of carbonyl (C=O) groups excluding carboxylic acids is 2. The van der Waals surface area contributed by atoms with E-state index in [1.165, 1.54) is 0 Å². The molecule has 0 aliphatic carbocycles. The standard InChI is InChI=1S/C26H23N3O3/c1-18(32-24-14-6-10-20-9-2-3-11-21(20)24)25(30)29-23-13-5-4-12-22(23)26(31)28-17-19-8-7-15-27-16-19/h2-16,18H,17H2,1H3,(H,28,31)(H,29,30)/t18-/m0/s1. The molecule has 6 heteroatoms. The number of para-hydroxylation sites is 1. The zero-order valence-corrected chi connectivity index (χ0v) is 17.6. The summed E-state index contributed by atoms with van der Waals surface area (Å²) in [6.07, 6.45) is 2.62. The topological polar surface area (TPSA) is 80.3 Å². The summed E-state index contributed by atoms with van der Waals surface area (Å²) in [4.78, 5) is 29.6. The van der Waals surface area contributed by atoms with Crippen LogP contribution >= 0.6 is 0 Å². The Balaban J connectivity index is 1.44. The van der Waals surface area contributed by atoms with Crippen molar-refractivity contribution >= 4 is 28.3 Å². The number of hydrogen-bond donors (Lipinski definition) is 2. The van der Waals surface area contributed by atoms with Crippen molar-refractivity contribution in [2.45, 2.75) is 19.6 Å². The Morgan fingerprint density at radius 1 is 0.938 bits per heavy atom. The van der Waals surface area contributed by atoms with Gasteiger partial charge in [-0.15, -0.1) is 0 Å². The first-order chi connectivity index (χ1) is 15.6. The van der Waals surface area contributed by atoms with Gasteiger partial charge < -0.3 is 15.4 Å². The third kappa shape index (κ3) is 4.92. The molecule has 4 aromatic rings. The summed E-state index contributed by atoms with van der Waals surface area (Å²) in [5.74, 6) is 0.00562. The first-order valence-electron chi connectivity index (χ1n) is 10.3. The summed E-state index contributed by atoms with van der Waals surface area (Å²) in [6.45, 7) is 2.03. The van der Waals surface area contributed by atoms with E-state index in [2.05, 4.69) is 15.6 Å². The van der Waals surface area contributed by atoms with E-state index in [9.17, 15) is 9.59 Å². The Bertz CT molecular complexity index is 1240. The third-order valence-corrected chi connectivity index (χ3v) is 5.03. The van der Waals surface area contributed by atoms with Crippen molar-refractivity contribution in [3.8, 4) is 5.75 Å². The molecular weight excluding hydrogens is 402 g/mol. The lowest BCUT2D eigenvalue weighted by Gasteiger charge is -2.17. The average Bonchev–Trinajstić information content (AvgIpc) is 2.83. The van der Waals surface area contributed by atoms with E-state index >= 15 is 0 Å². The number of rotatable bonds is 7. The van der Waals surface area contributed by atoms with Gasteiger partial charge in [-0.05, 0) is 42.1 Å². The van der Waals surface area contributed by atoms with Crippen LogP contribution in [-0.4, -0.2) is 22.9 Å². The minimum absolute atomic E-state index is 0.285. The molecule has 2 N–H and O–H groups in total. The third-order valence-electron chi connectivity index (χ3n) is 5.03. The fourth-order valence-corrected chi connectivity index (χ4v) is 3.35. The Labute approximate surface area is 186 Å². The highest BCUT2D eigenvalue weighted by Crippen LogP contribution is 2.26. The van der Waals surface area contributed by atoms with Gasteiger partial charge >= 0.3 is 0 Å². The Kier molecular flexibility index (Phi) is 6.41. The molecule has 1 atom stereocenters. The molecule has 0 radical (unpaired) electrons. The Morgan fingerprint density at radius 3 is 2.56 bits per heavy atom. The predicted octanol–water partition coefficient (Wildman–Crippen LogP) is 4.57. The molecule has 2 amide bonds. The summed E-state index contributed by atoms with van der Waals surface area (Å²) in [7, 11) is 0. The SMILES string of the molecule is C[C@H](Oc1cccc2ccccc12)C(=O)Nc1ccccc1C(=O)NCc1cccnc1. The maximum absolute atomic E-state index is 12.8. The van der Waals surface area contributed by atoms with Crippen LogP contribution in [0, 0.1) is 0 Å². The van der Waals surface area contributed by atoms with Crippen LogP contribution in [0.4, 0.5) is 5.69 Å². The van der Waals surface area contributed by atoms with E-state index in [1.807, 2.05) is 54.6 Å². The average molecular weight is 425 g/mol. The molecule has 32 heavy (non-hydrogen) atoms. The second-order valence-corrected chi connectivity index (χ2v) is 7.32. The van der Waals surface area contributed by atoms with Crippen LogP contribution in [0.5, 0.6) is 5.75 Å². The molecule has 0 aliphatic heterocycles. The molecule has 0 fully saturated rings. The molecule has 6 nitrogen and oxygen atoms in total. The zero-order chi connectivity index (χ0) is 22.3. The number of carbonyl (C=O) groups is 2. The summed E-state index contributed by atoms with van der Waals surface area (Å²) in [6, 6.07) is 24.1. The van der Waals surface area contributed by atoms with Gasteiger partial charge in [-0.2, -0.15) is 0 Å². The van der Waals surface area contributed by atoms with E-state index in [0.717, 1.165) is 16.3 Å². The van der Waals surface area contributed by atoms with Gasteiger partial charge in [-0.1, -0.05) is 54.6 Å². The maximum atomic E-state index is 12.8. The highest BCUT2D eigenvalue weighted by molar-refractivity contribution is 6.04. The van der Waals surface area contributed by atoms with Crippen LogP contribution in [0.3, 0.4) is 0 Å². The van der Waals surface area contributed by atoms with Crippen molar-refractivity contribution in [3.05, 3.63) is 102 Å². The zero-order valence-electron chi connectivity index (χ0n) is 17.6. The van der Waals surface area contributed by atoms with Crippen LogP contribution in [-0.2, 0) is 11.3 Å². The monoisotopic (exact) mass is 425 g/mol. The van der Waals surface area contributed by atoms with Gasteiger partial charge in [0.15, 0.2) is 6.10 Å². The molecule has 0 saturated heterocycles. The minimum Gasteiger partial charge on any atom is -0.480 e. The summed E-state index contributed by atoms with van der Waals surface area (Å²) < 4.78 is 5.95. The van der Waals surface area contributed by atoms with Gasteiger partial charge in [0.05, 0.1) is 11.3 Å². The van der Waals surface area contributed by atoms with E-state index < -0.39 is 6.10 Å². The lowest BCUT2D eigenvalue weighted by atomic mass is 10.1. The summed E-state index contributed by atoms with van der Waals surface area (Å²) in [5.41, 5.74) is 1.69. The number of pyridine rings is 1. The lowest BCUT2D eigenvalue weighted by Crippen LogP contribution is -2.31. The highest BCUT2D eigenvalue weighted by Gasteiger charge is 2.19. The van der Waals surface area contributed by atoms with Crippen LogP contribution in [0.15, 0.2) is 91.3 Å². The molecule has 0 saturated carbocycles. The van der Waals surface area contributed by atoms with E-state index in [4.69, 9.17) is 4.74 Å². The number of nitrogens with one attached hydrogen (secondary N) is 2. The van der Waals surface area contributed by atoms with Crippen molar-refractivity contribution in [2.75, 3.05) is 5.32 Å². The number of benzene rings is 3.